The number of rotatable bonds is 10. The van der Waals surface area contributed by atoms with Gasteiger partial charge in [-0.05, 0) is 28.4 Å². The molecule has 0 amide bonds. The van der Waals surface area contributed by atoms with Gasteiger partial charge in [0.05, 0.1) is 0 Å². The second-order valence-corrected chi connectivity index (χ2v) is 29.2. The predicted molar refractivity (Wildman–Crippen MR) is 243 cm³/mol. The van der Waals surface area contributed by atoms with Gasteiger partial charge in [0.1, 0.15) is 0 Å². The number of hydrogen-bond acceptors (Lipinski definition) is 0. The predicted octanol–water partition coefficient (Wildman–Crippen LogP) is 13.3. The number of fused-ring (bicyclic) bond motifs is 3. The Morgan fingerprint density at radius 3 is 1.41 bits per heavy atom. The van der Waals surface area contributed by atoms with Crippen molar-refractivity contribution in [1.29, 1.82) is 0 Å². The molecule has 0 nitrogen and oxygen atoms in total. The Kier molecular flexibility index (Phi) is 15.6. The minimum absolute atomic E-state index is 0.167. The molecule has 0 aliphatic heterocycles. The molecule has 6 rings (SSSR count). The third-order valence-electron chi connectivity index (χ3n) is 12.7. The summed E-state index contributed by atoms with van der Waals surface area (Å²) in [5.74, 6) is 0. The third kappa shape index (κ3) is 10.2. The van der Waals surface area contributed by atoms with E-state index in [1.807, 2.05) is 30.3 Å². The Morgan fingerprint density at radius 2 is 1.04 bits per heavy atom. The van der Waals surface area contributed by atoms with E-state index in [1.54, 1.807) is 10.4 Å². The Balaban J connectivity index is 0.000000218. The van der Waals surface area contributed by atoms with E-state index in [9.17, 15) is 0 Å². The van der Waals surface area contributed by atoms with Crippen LogP contribution in [0.25, 0.3) is 11.1 Å². The van der Waals surface area contributed by atoms with Crippen LogP contribution in [-0.4, -0.2) is 19.4 Å². The van der Waals surface area contributed by atoms with Gasteiger partial charge in [-0.25, -0.2) is 12.1 Å². The maximum absolute atomic E-state index is 3.67. The van der Waals surface area contributed by atoms with Crippen LogP contribution in [0.5, 0.6) is 0 Å². The molecule has 1 aliphatic rings. The van der Waals surface area contributed by atoms with E-state index in [0.717, 1.165) is 6.42 Å². The molecular weight excluding hydrogens is 760 g/mol. The van der Waals surface area contributed by atoms with Crippen LogP contribution in [0, 0.1) is 6.07 Å². The summed E-state index contributed by atoms with van der Waals surface area (Å²) in [5.41, 5.74) is 11.5. The molecule has 0 radical (unpaired) electrons. The summed E-state index contributed by atoms with van der Waals surface area (Å²) >= 11 is 1.50. The van der Waals surface area contributed by atoms with Crippen LogP contribution in [0.3, 0.4) is 0 Å². The van der Waals surface area contributed by atoms with Crippen LogP contribution in [0.1, 0.15) is 116 Å². The second kappa shape index (κ2) is 19.0. The van der Waals surface area contributed by atoms with E-state index in [2.05, 4.69) is 168 Å². The van der Waals surface area contributed by atoms with Gasteiger partial charge in [0, 0.05) is 0 Å². The molecule has 0 saturated carbocycles. The normalized spacial score (nSPS) is 12.6. The molecule has 284 valence electrons. The van der Waals surface area contributed by atoms with Gasteiger partial charge in [0.2, 0.25) is 0 Å². The summed E-state index contributed by atoms with van der Waals surface area (Å²) in [6.07, 6.45) is 1.03. The van der Waals surface area contributed by atoms with Crippen LogP contribution in [0.2, 0.25) is 36.3 Å². The van der Waals surface area contributed by atoms with Crippen molar-refractivity contribution in [2.24, 2.45) is 0 Å². The topological polar surface area (TPSA) is 0 Å². The van der Waals surface area contributed by atoms with Crippen molar-refractivity contribution in [2.75, 3.05) is 0 Å². The van der Waals surface area contributed by atoms with Gasteiger partial charge in [-0.1, -0.05) is 65.3 Å². The molecule has 3 heteroatoms. The molecule has 0 N–H and O–H groups in total. The second-order valence-electron chi connectivity index (χ2n) is 17.5. The smallest absolute Gasteiger partial charge is 0.172 e. The molecule has 0 atom stereocenters. The minimum Gasteiger partial charge on any atom is -0.214 e. The van der Waals surface area contributed by atoms with Gasteiger partial charge >= 0.3 is 191 Å². The van der Waals surface area contributed by atoms with Gasteiger partial charge < -0.3 is 0 Å². The largest absolute Gasteiger partial charge is 0.214 e. The zero-order chi connectivity index (χ0) is 39.7. The molecule has 0 heterocycles. The standard InChI is InChI=1S/C25H38Si2.C21H25.C5H5.Zr/c1-7-26(8-2,9-3)24-17-13-22(14-18-24)21-23-15-19-25(20-16-23)27(10-4,11-5)12-6;1-20(2,3)16-7-9-18-14(12-16)11-15-13-17(21(4,5)6)8-10-19(15)18;1-2-4-5-3-1;/h13-20H,7-12H2,1-6H3;7-10,12H,11H2,1-6H3;1-5H;/q;2*-1;+2. The van der Waals surface area contributed by atoms with Crippen molar-refractivity contribution in [3.05, 3.63) is 149 Å². The summed E-state index contributed by atoms with van der Waals surface area (Å²) in [5, 5.41) is 3.29. The monoisotopic (exact) mass is 826 g/mol. The Morgan fingerprint density at radius 1 is 0.593 bits per heavy atom. The van der Waals surface area contributed by atoms with Crippen LogP contribution in [-0.2, 0) is 41.5 Å². The molecule has 0 saturated heterocycles. The fraction of sp³-hybridized carbons (Fsp3) is 0.412. The molecule has 5 aromatic rings. The van der Waals surface area contributed by atoms with Gasteiger partial charge in [0.15, 0.2) is 0 Å². The molecule has 5 aromatic carbocycles. The van der Waals surface area contributed by atoms with Crippen molar-refractivity contribution in [1.82, 2.24) is 0 Å². The van der Waals surface area contributed by atoms with Crippen molar-refractivity contribution in [3.8, 4) is 11.1 Å². The van der Waals surface area contributed by atoms with Gasteiger partial charge in [-0.15, -0.1) is 11.1 Å². The van der Waals surface area contributed by atoms with Crippen molar-refractivity contribution in [3.63, 3.8) is 0 Å². The molecule has 0 bridgehead atoms. The summed E-state index contributed by atoms with van der Waals surface area (Å²) in [7, 11) is -2.54. The molecule has 0 spiro atoms. The zero-order valence-corrected chi connectivity index (χ0v) is 40.3. The minimum atomic E-state index is -1.27. The van der Waals surface area contributed by atoms with Crippen LogP contribution in [0.15, 0.2) is 109 Å². The SMILES string of the molecule is CC(C)(C)c1[c-]c2c(cc1)-c1ccc(C(C)(C)C)cc1C2.CC[Si](CC)(CC)c1ccc([C](=[Zr+2])c2ccc([Si](CC)(CC)CC)cc2)cc1.c1cc[cH-]c1. The van der Waals surface area contributed by atoms with E-state index in [4.69, 9.17) is 0 Å². The summed E-state index contributed by atoms with van der Waals surface area (Å²) in [4.78, 5) is 0. The zero-order valence-electron chi connectivity index (χ0n) is 35.8. The molecule has 0 aromatic heterocycles. The van der Waals surface area contributed by atoms with E-state index in [1.165, 1.54) is 108 Å². The van der Waals surface area contributed by atoms with Gasteiger partial charge in [-0.3, -0.25) is 0 Å². The Labute approximate surface area is 348 Å². The summed E-state index contributed by atoms with van der Waals surface area (Å²) < 4.78 is 1.49. The first-order chi connectivity index (χ1) is 25.6. The number of benzene rings is 4. The van der Waals surface area contributed by atoms with Crippen molar-refractivity contribution in [2.45, 2.75) is 137 Å². The van der Waals surface area contributed by atoms with E-state index >= 15 is 0 Å². The van der Waals surface area contributed by atoms with Gasteiger partial charge in [0.25, 0.3) is 0 Å². The Hall–Kier alpha value is -2.58. The van der Waals surface area contributed by atoms with E-state index in [0.29, 0.717) is 0 Å². The van der Waals surface area contributed by atoms with E-state index in [-0.39, 0.29) is 10.8 Å². The van der Waals surface area contributed by atoms with E-state index < -0.39 is 16.1 Å². The van der Waals surface area contributed by atoms with Crippen molar-refractivity contribution >= 4 is 29.7 Å². The quantitative estimate of drug-likeness (QED) is 0.0953. The van der Waals surface area contributed by atoms with Crippen molar-refractivity contribution < 1.29 is 24.2 Å². The van der Waals surface area contributed by atoms with Crippen LogP contribution >= 0.6 is 0 Å². The first-order valence-electron chi connectivity index (χ1n) is 20.8. The Bertz CT molecular complexity index is 1750. The summed E-state index contributed by atoms with van der Waals surface area (Å²) in [6.45, 7) is 28.0. The first-order valence-corrected chi connectivity index (χ1v) is 27.3. The third-order valence-corrected chi connectivity index (χ3v) is 25.3. The maximum atomic E-state index is 3.67. The molecule has 54 heavy (non-hydrogen) atoms. The average molecular weight is 829 g/mol. The molecule has 0 fully saturated rings. The maximum Gasteiger partial charge on any atom is -0.172 e. The fourth-order valence-electron chi connectivity index (χ4n) is 8.22. The van der Waals surface area contributed by atoms with Crippen LogP contribution in [0.4, 0.5) is 0 Å². The first kappa shape index (κ1) is 44.1. The van der Waals surface area contributed by atoms with Crippen LogP contribution < -0.4 is 10.4 Å². The molecule has 0 unspecified atom stereocenters. The van der Waals surface area contributed by atoms with Gasteiger partial charge in [-0.2, -0.15) is 42.0 Å². The summed E-state index contributed by atoms with van der Waals surface area (Å²) in [6, 6.07) is 52.6. The fourth-order valence-corrected chi connectivity index (χ4v) is 16.2. The number of hydrogen-bond donors (Lipinski definition) is 0. The molecular formula is C51H68Si2Zr. The average Bonchev–Trinajstić information content (AvgIpc) is 3.88. The molecule has 1 aliphatic carbocycles.